The number of piperazine rings is 1. The minimum atomic E-state index is -0.474. The van der Waals surface area contributed by atoms with E-state index < -0.39 is 4.92 Å². The standard InChI is InChI=1S/C17H15Cl2N3O3/c18-13-3-1-12(2-4-13)17(23)21-9-7-20(8-10-21)16-6-5-14(22(24)25)11-15(16)19/h1-6,11H,7-10H2. The lowest BCUT2D eigenvalue weighted by atomic mass is 10.1. The van der Waals surface area contributed by atoms with Gasteiger partial charge in [-0.05, 0) is 30.3 Å². The Bertz CT molecular complexity index is 803. The summed E-state index contributed by atoms with van der Waals surface area (Å²) in [4.78, 5) is 26.6. The van der Waals surface area contributed by atoms with E-state index in [1.165, 1.54) is 12.1 Å². The predicted molar refractivity (Wildman–Crippen MR) is 97.7 cm³/mol. The third-order valence-corrected chi connectivity index (χ3v) is 4.70. The Labute approximate surface area is 154 Å². The van der Waals surface area contributed by atoms with E-state index >= 15 is 0 Å². The van der Waals surface area contributed by atoms with Crippen molar-refractivity contribution in [2.75, 3.05) is 31.1 Å². The van der Waals surface area contributed by atoms with Gasteiger partial charge in [0.25, 0.3) is 11.6 Å². The molecule has 0 unspecified atom stereocenters. The molecule has 1 saturated heterocycles. The van der Waals surface area contributed by atoms with E-state index in [2.05, 4.69) is 0 Å². The molecule has 0 N–H and O–H groups in total. The Morgan fingerprint density at radius 1 is 1.00 bits per heavy atom. The molecule has 130 valence electrons. The Balaban J connectivity index is 1.66. The van der Waals surface area contributed by atoms with Crippen LogP contribution in [-0.4, -0.2) is 41.9 Å². The molecule has 1 fully saturated rings. The van der Waals surface area contributed by atoms with E-state index in [1.54, 1.807) is 35.2 Å². The summed E-state index contributed by atoms with van der Waals surface area (Å²) in [5, 5.41) is 11.7. The second-order valence-corrected chi connectivity index (χ2v) is 6.52. The van der Waals surface area contributed by atoms with Crippen LogP contribution in [0.5, 0.6) is 0 Å². The van der Waals surface area contributed by atoms with E-state index in [1.807, 2.05) is 4.90 Å². The zero-order valence-corrected chi connectivity index (χ0v) is 14.7. The van der Waals surface area contributed by atoms with Gasteiger partial charge in [0, 0.05) is 48.9 Å². The van der Waals surface area contributed by atoms with Crippen LogP contribution < -0.4 is 4.90 Å². The van der Waals surface area contributed by atoms with Gasteiger partial charge in [0.1, 0.15) is 0 Å². The summed E-state index contributed by atoms with van der Waals surface area (Å²) in [5.74, 6) is -0.0360. The lowest BCUT2D eigenvalue weighted by Gasteiger charge is -2.36. The molecule has 2 aromatic carbocycles. The van der Waals surface area contributed by atoms with Crippen LogP contribution in [0.15, 0.2) is 42.5 Å². The molecule has 0 saturated carbocycles. The van der Waals surface area contributed by atoms with Crippen LogP contribution in [0.4, 0.5) is 11.4 Å². The molecule has 1 aliphatic rings. The molecule has 1 amide bonds. The first-order valence-corrected chi connectivity index (χ1v) is 8.45. The number of halogens is 2. The van der Waals surface area contributed by atoms with Crippen LogP contribution in [0.3, 0.4) is 0 Å². The summed E-state index contributed by atoms with van der Waals surface area (Å²) in [6.45, 7) is 2.32. The molecule has 25 heavy (non-hydrogen) atoms. The molecule has 0 aromatic heterocycles. The Morgan fingerprint density at radius 3 is 2.20 bits per heavy atom. The molecule has 0 aliphatic carbocycles. The van der Waals surface area contributed by atoms with Crippen molar-refractivity contribution in [3.8, 4) is 0 Å². The number of amides is 1. The number of hydrogen-bond donors (Lipinski definition) is 0. The number of nitro groups is 1. The molecule has 3 rings (SSSR count). The van der Waals surface area contributed by atoms with Gasteiger partial charge in [0.15, 0.2) is 0 Å². The predicted octanol–water partition coefficient (Wildman–Crippen LogP) is 3.86. The summed E-state index contributed by atoms with van der Waals surface area (Å²) in [5.41, 5.74) is 1.31. The second-order valence-electron chi connectivity index (χ2n) is 5.68. The van der Waals surface area contributed by atoms with E-state index in [4.69, 9.17) is 23.2 Å². The Kier molecular flexibility index (Phi) is 5.11. The molecule has 0 spiro atoms. The van der Waals surface area contributed by atoms with Gasteiger partial charge in [0.2, 0.25) is 0 Å². The van der Waals surface area contributed by atoms with Gasteiger partial charge >= 0.3 is 0 Å². The number of carbonyl (C=O) groups excluding carboxylic acids is 1. The van der Waals surface area contributed by atoms with Gasteiger partial charge in [-0.1, -0.05) is 23.2 Å². The number of anilines is 1. The summed E-state index contributed by atoms with van der Waals surface area (Å²) in [6, 6.07) is 11.3. The maximum atomic E-state index is 12.5. The van der Waals surface area contributed by atoms with Crippen molar-refractivity contribution < 1.29 is 9.72 Å². The average molecular weight is 380 g/mol. The number of benzene rings is 2. The van der Waals surface area contributed by atoms with E-state index in [9.17, 15) is 14.9 Å². The highest BCUT2D eigenvalue weighted by atomic mass is 35.5. The molecule has 0 atom stereocenters. The molecule has 8 heteroatoms. The number of hydrogen-bond acceptors (Lipinski definition) is 4. The van der Waals surface area contributed by atoms with Crippen molar-refractivity contribution in [2.24, 2.45) is 0 Å². The molecule has 0 bridgehead atoms. The molecule has 0 radical (unpaired) electrons. The fraction of sp³-hybridized carbons (Fsp3) is 0.235. The summed E-state index contributed by atoms with van der Waals surface area (Å²) < 4.78 is 0. The smallest absolute Gasteiger partial charge is 0.271 e. The number of nitro benzene ring substituents is 1. The highest BCUT2D eigenvalue weighted by Gasteiger charge is 2.24. The second kappa shape index (κ2) is 7.29. The fourth-order valence-corrected chi connectivity index (χ4v) is 3.21. The molecular formula is C17H15Cl2N3O3. The van der Waals surface area contributed by atoms with Gasteiger partial charge in [-0.2, -0.15) is 0 Å². The van der Waals surface area contributed by atoms with Gasteiger partial charge in [0.05, 0.1) is 15.6 Å². The number of carbonyl (C=O) groups is 1. The SMILES string of the molecule is O=C(c1ccc(Cl)cc1)N1CCN(c2ccc([N+](=O)[O-])cc2Cl)CC1. The van der Waals surface area contributed by atoms with Gasteiger partial charge in [-0.25, -0.2) is 0 Å². The highest BCUT2D eigenvalue weighted by Crippen LogP contribution is 2.30. The maximum Gasteiger partial charge on any atom is 0.271 e. The van der Waals surface area contributed by atoms with Crippen LogP contribution in [-0.2, 0) is 0 Å². The molecule has 1 heterocycles. The molecule has 1 aliphatic heterocycles. The van der Waals surface area contributed by atoms with Gasteiger partial charge < -0.3 is 9.80 Å². The Hall–Kier alpha value is -2.31. The fourth-order valence-electron chi connectivity index (χ4n) is 2.79. The van der Waals surface area contributed by atoms with Crippen molar-refractivity contribution in [3.63, 3.8) is 0 Å². The summed E-state index contributed by atoms with van der Waals surface area (Å²) in [7, 11) is 0. The number of non-ortho nitro benzene ring substituents is 1. The number of nitrogens with zero attached hydrogens (tertiary/aromatic N) is 3. The van der Waals surface area contributed by atoms with Crippen LogP contribution in [0.1, 0.15) is 10.4 Å². The monoisotopic (exact) mass is 379 g/mol. The zero-order chi connectivity index (χ0) is 18.0. The molecule has 6 nitrogen and oxygen atoms in total. The van der Waals surface area contributed by atoms with Crippen LogP contribution in [0.25, 0.3) is 0 Å². The molecular weight excluding hydrogens is 365 g/mol. The van der Waals surface area contributed by atoms with Crippen LogP contribution in [0, 0.1) is 10.1 Å². The number of rotatable bonds is 3. The zero-order valence-electron chi connectivity index (χ0n) is 13.2. The van der Waals surface area contributed by atoms with Crippen molar-refractivity contribution in [1.29, 1.82) is 0 Å². The quantitative estimate of drug-likeness (QED) is 0.599. The van der Waals surface area contributed by atoms with Gasteiger partial charge in [-0.3, -0.25) is 14.9 Å². The summed E-state index contributed by atoms with van der Waals surface area (Å²) in [6.07, 6.45) is 0. The summed E-state index contributed by atoms with van der Waals surface area (Å²) >= 11 is 12.0. The van der Waals surface area contributed by atoms with Crippen molar-refractivity contribution in [3.05, 3.63) is 68.2 Å². The van der Waals surface area contributed by atoms with Crippen molar-refractivity contribution in [1.82, 2.24) is 4.90 Å². The third-order valence-electron chi connectivity index (χ3n) is 4.14. The Morgan fingerprint density at radius 2 is 1.64 bits per heavy atom. The van der Waals surface area contributed by atoms with Gasteiger partial charge in [-0.15, -0.1) is 0 Å². The van der Waals surface area contributed by atoms with Crippen molar-refractivity contribution >= 4 is 40.5 Å². The van der Waals surface area contributed by atoms with E-state index in [0.29, 0.717) is 41.8 Å². The van der Waals surface area contributed by atoms with Crippen LogP contribution in [0.2, 0.25) is 10.0 Å². The first kappa shape index (κ1) is 17.5. The van der Waals surface area contributed by atoms with E-state index in [0.717, 1.165) is 5.69 Å². The minimum Gasteiger partial charge on any atom is -0.367 e. The lowest BCUT2D eigenvalue weighted by Crippen LogP contribution is -2.48. The topological polar surface area (TPSA) is 66.7 Å². The van der Waals surface area contributed by atoms with E-state index in [-0.39, 0.29) is 11.6 Å². The normalized spacial score (nSPS) is 14.5. The minimum absolute atomic E-state index is 0.0360. The largest absolute Gasteiger partial charge is 0.367 e. The highest BCUT2D eigenvalue weighted by molar-refractivity contribution is 6.33. The third kappa shape index (κ3) is 3.86. The van der Waals surface area contributed by atoms with Crippen LogP contribution >= 0.6 is 23.2 Å². The maximum absolute atomic E-state index is 12.5. The average Bonchev–Trinajstić information content (AvgIpc) is 2.62. The lowest BCUT2D eigenvalue weighted by molar-refractivity contribution is -0.384. The first-order valence-electron chi connectivity index (χ1n) is 7.69. The van der Waals surface area contributed by atoms with Crippen molar-refractivity contribution in [2.45, 2.75) is 0 Å². The first-order chi connectivity index (χ1) is 12.0. The molecule has 2 aromatic rings.